The van der Waals surface area contributed by atoms with E-state index < -0.39 is 0 Å². The fraction of sp³-hybridized carbons (Fsp3) is 0.529. The van der Waals surface area contributed by atoms with Crippen molar-refractivity contribution < 1.29 is 4.74 Å². The predicted molar refractivity (Wildman–Crippen MR) is 79.4 cm³/mol. The molecular weight excluding hydrogens is 248 g/mol. The van der Waals surface area contributed by atoms with Crippen LogP contribution in [-0.2, 0) is 6.42 Å². The van der Waals surface area contributed by atoms with E-state index in [1.807, 2.05) is 0 Å². The van der Waals surface area contributed by atoms with Crippen LogP contribution < -0.4 is 4.74 Å². The second-order valence-electron chi connectivity index (χ2n) is 6.68. The van der Waals surface area contributed by atoms with Gasteiger partial charge in [-0.1, -0.05) is 0 Å². The van der Waals surface area contributed by atoms with E-state index in [1.54, 1.807) is 12.7 Å². The third-order valence-corrected chi connectivity index (χ3v) is 5.75. The molecule has 1 saturated heterocycles. The molecule has 0 unspecified atom stereocenters. The standard InChI is InChI=1S/C17H20N2O/c1-20-11-2-3-15-13(8-11)12-4-5-19-9-10-6-14(16(19)7-10)17(12)18-15/h2-3,8,10,14,16,18H,4-7,9H2,1H3/t10-,14+,16-/m0/s1. The first-order chi connectivity index (χ1) is 9.83. The summed E-state index contributed by atoms with van der Waals surface area (Å²) in [5.74, 6) is 2.65. The number of aromatic amines is 1. The molecule has 3 atom stereocenters. The van der Waals surface area contributed by atoms with Crippen LogP contribution in [0.15, 0.2) is 18.2 Å². The molecule has 1 aromatic carbocycles. The number of piperidine rings is 1. The van der Waals surface area contributed by atoms with Gasteiger partial charge in [-0.15, -0.1) is 0 Å². The molecular formula is C17H20N2O. The number of benzene rings is 1. The van der Waals surface area contributed by atoms with Crippen molar-refractivity contribution in [3.63, 3.8) is 0 Å². The van der Waals surface area contributed by atoms with E-state index >= 15 is 0 Å². The van der Waals surface area contributed by atoms with Crippen LogP contribution in [0.1, 0.15) is 30.0 Å². The van der Waals surface area contributed by atoms with Gasteiger partial charge < -0.3 is 9.72 Å². The van der Waals surface area contributed by atoms with Crippen molar-refractivity contribution in [1.29, 1.82) is 0 Å². The topological polar surface area (TPSA) is 28.3 Å². The molecule has 2 bridgehead atoms. The quantitative estimate of drug-likeness (QED) is 0.861. The van der Waals surface area contributed by atoms with Gasteiger partial charge in [0.1, 0.15) is 5.75 Å². The van der Waals surface area contributed by atoms with Crippen LogP contribution in [0.4, 0.5) is 0 Å². The van der Waals surface area contributed by atoms with Crippen LogP contribution in [0.3, 0.4) is 0 Å². The molecule has 2 aliphatic heterocycles. The number of nitrogens with one attached hydrogen (secondary N) is 1. The summed E-state index contributed by atoms with van der Waals surface area (Å²) in [6.45, 7) is 2.57. The Hall–Kier alpha value is -1.48. The number of methoxy groups -OCH3 is 1. The molecule has 1 aromatic heterocycles. The molecule has 3 nitrogen and oxygen atoms in total. The van der Waals surface area contributed by atoms with E-state index in [4.69, 9.17) is 4.74 Å². The number of hydrogen-bond donors (Lipinski definition) is 1. The monoisotopic (exact) mass is 268 g/mol. The minimum Gasteiger partial charge on any atom is -0.497 e. The Balaban J connectivity index is 1.71. The summed E-state index contributed by atoms with van der Waals surface area (Å²) in [6, 6.07) is 7.25. The average molecular weight is 268 g/mol. The van der Waals surface area contributed by atoms with Gasteiger partial charge in [-0.05, 0) is 48.9 Å². The summed E-state index contributed by atoms with van der Waals surface area (Å²) in [7, 11) is 1.75. The molecule has 20 heavy (non-hydrogen) atoms. The maximum Gasteiger partial charge on any atom is 0.119 e. The van der Waals surface area contributed by atoms with Crippen molar-refractivity contribution in [2.24, 2.45) is 5.92 Å². The van der Waals surface area contributed by atoms with Gasteiger partial charge in [-0.25, -0.2) is 0 Å². The van der Waals surface area contributed by atoms with E-state index in [2.05, 4.69) is 28.1 Å². The molecule has 0 radical (unpaired) electrons. The lowest BCUT2D eigenvalue weighted by atomic mass is 9.93. The lowest BCUT2D eigenvalue weighted by Crippen LogP contribution is -2.36. The molecule has 0 spiro atoms. The second kappa shape index (κ2) is 3.79. The maximum atomic E-state index is 5.41. The molecule has 3 heterocycles. The van der Waals surface area contributed by atoms with Gasteiger partial charge in [0.25, 0.3) is 0 Å². The maximum absolute atomic E-state index is 5.41. The van der Waals surface area contributed by atoms with Crippen LogP contribution in [0.2, 0.25) is 0 Å². The molecule has 104 valence electrons. The Morgan fingerprint density at radius 2 is 2.25 bits per heavy atom. The SMILES string of the molecule is COc1ccc2[nH]c3c(c2c1)CCN1C[C@H]2C[C@@H]3[C@@H]1C2. The number of hydrogen-bond acceptors (Lipinski definition) is 2. The van der Waals surface area contributed by atoms with Crippen molar-refractivity contribution >= 4 is 10.9 Å². The zero-order chi connectivity index (χ0) is 13.3. The highest BCUT2D eigenvalue weighted by Crippen LogP contribution is 2.50. The summed E-state index contributed by atoms with van der Waals surface area (Å²) in [5, 5.41) is 1.38. The Bertz CT molecular complexity index is 690. The lowest BCUT2D eigenvalue weighted by Gasteiger charge is -2.30. The van der Waals surface area contributed by atoms with Crippen LogP contribution in [0, 0.1) is 5.92 Å². The molecule has 1 saturated carbocycles. The summed E-state index contributed by atoms with van der Waals surface area (Å²) >= 11 is 0. The van der Waals surface area contributed by atoms with Crippen molar-refractivity contribution in [2.75, 3.05) is 20.2 Å². The number of aromatic nitrogens is 1. The van der Waals surface area contributed by atoms with Crippen molar-refractivity contribution in [1.82, 2.24) is 9.88 Å². The normalized spacial score (nSPS) is 31.6. The minimum atomic E-state index is 0.740. The van der Waals surface area contributed by atoms with Crippen molar-refractivity contribution in [3.8, 4) is 5.75 Å². The molecule has 3 aliphatic rings. The fourth-order valence-corrected chi connectivity index (χ4v) is 4.92. The van der Waals surface area contributed by atoms with Gasteiger partial charge in [-0.2, -0.15) is 0 Å². The molecule has 1 N–H and O–H groups in total. The average Bonchev–Trinajstić information content (AvgIpc) is 3.14. The smallest absolute Gasteiger partial charge is 0.119 e. The number of ether oxygens (including phenoxy) is 1. The van der Waals surface area contributed by atoms with Crippen LogP contribution in [0.5, 0.6) is 5.75 Å². The van der Waals surface area contributed by atoms with Gasteiger partial charge >= 0.3 is 0 Å². The fourth-order valence-electron chi connectivity index (χ4n) is 4.92. The van der Waals surface area contributed by atoms with E-state index in [0.29, 0.717) is 0 Å². The molecule has 0 amide bonds. The summed E-state index contributed by atoms with van der Waals surface area (Å²) in [5.41, 5.74) is 4.37. The van der Waals surface area contributed by atoms with E-state index in [1.165, 1.54) is 48.9 Å². The summed E-state index contributed by atoms with van der Waals surface area (Å²) in [4.78, 5) is 6.47. The third-order valence-electron chi connectivity index (χ3n) is 5.75. The molecule has 5 rings (SSSR count). The Morgan fingerprint density at radius 3 is 3.10 bits per heavy atom. The van der Waals surface area contributed by atoms with Crippen molar-refractivity contribution in [2.45, 2.75) is 31.2 Å². The zero-order valence-electron chi connectivity index (χ0n) is 11.9. The molecule has 1 aliphatic carbocycles. The van der Waals surface area contributed by atoms with E-state index in [0.717, 1.165) is 23.6 Å². The Morgan fingerprint density at radius 1 is 1.30 bits per heavy atom. The van der Waals surface area contributed by atoms with E-state index in [-0.39, 0.29) is 0 Å². The van der Waals surface area contributed by atoms with Gasteiger partial charge in [0, 0.05) is 41.6 Å². The largest absolute Gasteiger partial charge is 0.497 e. The van der Waals surface area contributed by atoms with Gasteiger partial charge in [0.2, 0.25) is 0 Å². The van der Waals surface area contributed by atoms with Crippen LogP contribution in [-0.4, -0.2) is 36.1 Å². The Kier molecular flexibility index (Phi) is 2.12. The molecule has 2 fully saturated rings. The van der Waals surface area contributed by atoms with E-state index in [9.17, 15) is 0 Å². The first-order valence-electron chi connectivity index (χ1n) is 7.76. The summed E-state index contributed by atoms with van der Waals surface area (Å²) < 4.78 is 5.41. The van der Waals surface area contributed by atoms with Crippen LogP contribution >= 0.6 is 0 Å². The van der Waals surface area contributed by atoms with Gasteiger partial charge in [0.05, 0.1) is 7.11 Å². The number of rotatable bonds is 1. The first-order valence-corrected chi connectivity index (χ1v) is 7.76. The first kappa shape index (κ1) is 11.2. The van der Waals surface area contributed by atoms with Crippen LogP contribution in [0.25, 0.3) is 10.9 Å². The minimum absolute atomic E-state index is 0.740. The van der Waals surface area contributed by atoms with Crippen molar-refractivity contribution in [3.05, 3.63) is 29.5 Å². The summed E-state index contributed by atoms with van der Waals surface area (Å²) in [6.07, 6.45) is 3.99. The highest BCUT2D eigenvalue weighted by molar-refractivity contribution is 5.86. The number of H-pyrrole nitrogens is 1. The second-order valence-corrected chi connectivity index (χ2v) is 6.68. The predicted octanol–water partition coefficient (Wildman–Crippen LogP) is 2.91. The highest BCUT2D eigenvalue weighted by Gasteiger charge is 2.47. The zero-order valence-corrected chi connectivity index (χ0v) is 11.9. The number of nitrogens with zero attached hydrogens (tertiary/aromatic N) is 1. The van der Waals surface area contributed by atoms with Gasteiger partial charge in [0.15, 0.2) is 0 Å². The molecule has 3 heteroatoms. The third kappa shape index (κ3) is 1.34. The highest BCUT2D eigenvalue weighted by atomic mass is 16.5. The molecule has 2 aromatic rings. The Labute approximate surface area is 118 Å². The lowest BCUT2D eigenvalue weighted by molar-refractivity contribution is 0.201. The van der Waals surface area contributed by atoms with Gasteiger partial charge in [-0.3, -0.25) is 4.90 Å². The number of fused-ring (bicyclic) bond motifs is 5.